The summed E-state index contributed by atoms with van der Waals surface area (Å²) in [6.07, 6.45) is -5.32. The van der Waals surface area contributed by atoms with Gasteiger partial charge >= 0.3 is 5.97 Å². The first-order valence-electron chi connectivity index (χ1n) is 11.4. The van der Waals surface area contributed by atoms with E-state index in [2.05, 4.69) is 0 Å². The molecule has 1 heterocycles. The van der Waals surface area contributed by atoms with Crippen molar-refractivity contribution in [3.63, 3.8) is 0 Å². The number of hydrogen-bond acceptors (Lipinski definition) is 3. The second-order valence-corrected chi connectivity index (χ2v) is 7.59. The molecule has 0 atom stereocenters. The summed E-state index contributed by atoms with van der Waals surface area (Å²) in [4.78, 5) is 11.3. The normalized spacial score (nSPS) is 17.4. The number of ether oxygens (including phenoxy) is 2. The number of halogens is 2. The molecule has 2 aromatic rings. The van der Waals surface area contributed by atoms with Gasteiger partial charge in [0.15, 0.2) is 11.6 Å². The molecule has 1 aliphatic rings. The average molecular weight is 408 g/mol. The lowest BCUT2D eigenvalue weighted by Gasteiger charge is -2.19. The summed E-state index contributed by atoms with van der Waals surface area (Å²) >= 11 is 0. The topological polar surface area (TPSA) is 55.8 Å². The van der Waals surface area contributed by atoms with Crippen LogP contribution in [0.2, 0.25) is 0 Å². The Morgan fingerprint density at radius 1 is 1.31 bits per heavy atom. The van der Waals surface area contributed by atoms with Gasteiger partial charge in [0.2, 0.25) is 0 Å². The number of fused-ring (bicyclic) bond motifs is 1. The summed E-state index contributed by atoms with van der Waals surface area (Å²) in [6.45, 7) is 5.26. The largest absolute Gasteiger partial charge is 0.487 e. The van der Waals surface area contributed by atoms with Crippen molar-refractivity contribution in [2.24, 2.45) is 0 Å². The number of rotatable bonds is 8. The Morgan fingerprint density at radius 3 is 2.76 bits per heavy atom. The molecular formula is C23H26F2O4. The predicted octanol–water partition coefficient (Wildman–Crippen LogP) is 5.23. The molecule has 1 N–H and O–H groups in total. The Labute approximate surface area is 175 Å². The molecule has 0 aliphatic carbocycles. The van der Waals surface area contributed by atoms with Gasteiger partial charge in [-0.2, -0.15) is 0 Å². The zero-order valence-corrected chi connectivity index (χ0v) is 16.6. The van der Waals surface area contributed by atoms with Gasteiger partial charge in [-0.25, -0.2) is 8.78 Å². The monoisotopic (exact) mass is 408 g/mol. The van der Waals surface area contributed by atoms with Crippen LogP contribution in [-0.2, 0) is 30.6 Å². The van der Waals surface area contributed by atoms with Gasteiger partial charge in [-0.05, 0) is 56.0 Å². The number of aliphatic carboxylic acids is 1. The highest BCUT2D eigenvalue weighted by Gasteiger charge is 2.32. The highest BCUT2D eigenvalue weighted by atomic mass is 19.1. The maximum absolute atomic E-state index is 15.4. The van der Waals surface area contributed by atoms with Gasteiger partial charge in [0, 0.05) is 29.4 Å². The van der Waals surface area contributed by atoms with E-state index in [9.17, 15) is 9.18 Å². The molecule has 0 saturated carbocycles. The van der Waals surface area contributed by atoms with Crippen LogP contribution < -0.4 is 9.47 Å². The second kappa shape index (κ2) is 8.39. The van der Waals surface area contributed by atoms with Crippen LogP contribution in [0.5, 0.6) is 11.5 Å². The van der Waals surface area contributed by atoms with Crippen LogP contribution in [-0.4, -0.2) is 16.7 Å². The number of carboxylic acid groups (broad SMARTS) is 1. The van der Waals surface area contributed by atoms with E-state index in [0.717, 1.165) is 12.1 Å². The number of hydrogen-bond donors (Lipinski definition) is 1. The predicted molar refractivity (Wildman–Crippen MR) is 105 cm³/mol. The van der Waals surface area contributed by atoms with Crippen LogP contribution in [0.15, 0.2) is 24.3 Å². The molecule has 6 heteroatoms. The Morgan fingerprint density at radius 2 is 2.07 bits per heavy atom. The summed E-state index contributed by atoms with van der Waals surface area (Å²) in [5.41, 5.74) is 0.0185. The van der Waals surface area contributed by atoms with Crippen molar-refractivity contribution in [1.29, 1.82) is 0 Å². The van der Waals surface area contributed by atoms with E-state index in [1.807, 2.05) is 13.8 Å². The van der Waals surface area contributed by atoms with Crippen LogP contribution in [0.4, 0.5) is 8.78 Å². The zero-order valence-electron chi connectivity index (χ0n) is 20.6. The standard InChI is InChI=1S/C23H26F2O4/c1-4-5-18-14(7-9-20(26)27)6-8-19(21(18)25)28-13-16-11-17(24)10-15-12-23(2,3)29-22(15)16/h6,8,10-11H,4-5,7,9,12-13H2,1-3H3,(H,26,27)/i7D2,9D2. The minimum atomic E-state index is -3.28. The molecule has 4 nitrogen and oxygen atoms in total. The Balaban J connectivity index is 1.96. The molecule has 0 fully saturated rings. The summed E-state index contributed by atoms with van der Waals surface area (Å²) in [5, 5.41) is 9.15. The molecule has 156 valence electrons. The van der Waals surface area contributed by atoms with E-state index in [-0.39, 0.29) is 24.3 Å². The summed E-state index contributed by atoms with van der Waals surface area (Å²) in [7, 11) is 0. The van der Waals surface area contributed by atoms with E-state index >= 15 is 4.39 Å². The third kappa shape index (κ3) is 4.86. The third-order valence-electron chi connectivity index (χ3n) is 4.60. The summed E-state index contributed by atoms with van der Waals surface area (Å²) < 4.78 is 72.5. The van der Waals surface area contributed by atoms with Gasteiger partial charge in [-0.3, -0.25) is 4.79 Å². The molecule has 3 rings (SSSR count). The minimum Gasteiger partial charge on any atom is -0.487 e. The smallest absolute Gasteiger partial charge is 0.303 e. The molecule has 0 amide bonds. The number of aryl methyl sites for hydroxylation is 1. The lowest BCUT2D eigenvalue weighted by Crippen LogP contribution is -2.25. The van der Waals surface area contributed by atoms with E-state index in [1.165, 1.54) is 12.1 Å². The summed E-state index contributed by atoms with van der Waals surface area (Å²) in [5.74, 6) is -3.12. The van der Waals surface area contributed by atoms with E-state index in [1.54, 1.807) is 6.92 Å². The molecule has 0 bridgehead atoms. The molecule has 0 unspecified atom stereocenters. The molecule has 2 aromatic carbocycles. The highest BCUT2D eigenvalue weighted by molar-refractivity contribution is 5.67. The molecule has 0 saturated heterocycles. The highest BCUT2D eigenvalue weighted by Crippen LogP contribution is 2.39. The van der Waals surface area contributed by atoms with Gasteiger partial charge in [-0.15, -0.1) is 0 Å². The average Bonchev–Trinajstić information content (AvgIpc) is 3.01. The fourth-order valence-electron chi connectivity index (χ4n) is 3.45. The fraction of sp³-hybridized carbons (Fsp3) is 0.435. The van der Waals surface area contributed by atoms with Gasteiger partial charge in [0.25, 0.3) is 0 Å². The maximum Gasteiger partial charge on any atom is 0.303 e. The zero-order chi connectivity index (χ0) is 24.8. The molecule has 0 radical (unpaired) electrons. The Kier molecular flexibility index (Phi) is 4.69. The lowest BCUT2D eigenvalue weighted by atomic mass is 9.98. The molecule has 1 aliphatic heterocycles. The molecule has 0 aromatic heterocycles. The van der Waals surface area contributed by atoms with Gasteiger partial charge < -0.3 is 14.6 Å². The number of carbonyl (C=O) groups is 1. The van der Waals surface area contributed by atoms with Crippen molar-refractivity contribution in [3.8, 4) is 11.5 Å². The molecule has 0 spiro atoms. The van der Waals surface area contributed by atoms with Crippen LogP contribution >= 0.6 is 0 Å². The molecule has 29 heavy (non-hydrogen) atoms. The quantitative estimate of drug-likeness (QED) is 0.650. The van der Waals surface area contributed by atoms with E-state index in [0.29, 0.717) is 29.7 Å². The first kappa shape index (κ1) is 16.2. The maximum atomic E-state index is 15.4. The van der Waals surface area contributed by atoms with Crippen molar-refractivity contribution in [1.82, 2.24) is 0 Å². The Bertz CT molecular complexity index is 1090. The van der Waals surface area contributed by atoms with E-state index in [4.69, 9.17) is 20.1 Å². The van der Waals surface area contributed by atoms with Crippen molar-refractivity contribution in [2.75, 3.05) is 0 Å². The van der Waals surface area contributed by atoms with Crippen molar-refractivity contribution < 1.29 is 33.6 Å². The second-order valence-electron chi connectivity index (χ2n) is 7.59. The fourth-order valence-corrected chi connectivity index (χ4v) is 3.45. The minimum absolute atomic E-state index is 0.0419. The Hall–Kier alpha value is -2.63. The van der Waals surface area contributed by atoms with Crippen LogP contribution in [0.1, 0.15) is 61.3 Å². The van der Waals surface area contributed by atoms with Gasteiger partial charge in [-0.1, -0.05) is 19.4 Å². The first-order chi connectivity index (χ1) is 15.2. The van der Waals surface area contributed by atoms with Crippen LogP contribution in [0.25, 0.3) is 0 Å². The number of carboxylic acids is 1. The van der Waals surface area contributed by atoms with Gasteiger partial charge in [0.05, 0.1) is 0 Å². The first-order valence-corrected chi connectivity index (χ1v) is 9.39. The van der Waals surface area contributed by atoms with Gasteiger partial charge in [0.1, 0.15) is 23.8 Å². The number of benzene rings is 2. The SMILES string of the molecule is [2H]C([2H])(C(=O)O)C([2H])([2H])c1ccc(OCc2cc(F)cc3c2OC(C)(C)C3)c(F)c1CCC. The lowest BCUT2D eigenvalue weighted by molar-refractivity contribution is -0.136. The third-order valence-corrected chi connectivity index (χ3v) is 4.60. The van der Waals surface area contributed by atoms with Crippen molar-refractivity contribution in [2.45, 2.75) is 65.0 Å². The van der Waals surface area contributed by atoms with Crippen LogP contribution in [0, 0.1) is 11.6 Å². The van der Waals surface area contributed by atoms with Crippen molar-refractivity contribution >= 4 is 5.97 Å². The van der Waals surface area contributed by atoms with E-state index < -0.39 is 41.5 Å². The molecular weight excluding hydrogens is 378 g/mol. The summed E-state index contributed by atoms with van der Waals surface area (Å²) in [6, 6.07) is 4.91. The van der Waals surface area contributed by atoms with Crippen LogP contribution in [0.3, 0.4) is 0 Å². The van der Waals surface area contributed by atoms with Crippen molar-refractivity contribution in [3.05, 3.63) is 58.2 Å².